The Morgan fingerprint density at radius 1 is 1.00 bits per heavy atom. The lowest BCUT2D eigenvalue weighted by Gasteiger charge is -2.10. The van der Waals surface area contributed by atoms with Gasteiger partial charge in [-0.15, -0.1) is 0 Å². The van der Waals surface area contributed by atoms with Crippen LogP contribution in [0.2, 0.25) is 0 Å². The first-order valence-electron chi connectivity index (χ1n) is 8.98. The van der Waals surface area contributed by atoms with Crippen molar-refractivity contribution in [2.75, 3.05) is 26.0 Å². The van der Waals surface area contributed by atoms with E-state index in [2.05, 4.69) is 20.6 Å². The minimum atomic E-state index is -0.269. The van der Waals surface area contributed by atoms with Crippen LogP contribution in [-0.4, -0.2) is 47.4 Å². The number of amides is 3. The maximum atomic E-state index is 12.0. The molecule has 144 valence electrons. The zero-order valence-electron chi connectivity index (χ0n) is 16.4. The average Bonchev–Trinajstić information content (AvgIpc) is 2.60. The summed E-state index contributed by atoms with van der Waals surface area (Å²) in [5, 5.41) is 5.60. The van der Waals surface area contributed by atoms with Gasteiger partial charge in [0.05, 0.1) is 0 Å². The van der Waals surface area contributed by atoms with Crippen LogP contribution in [0.25, 0.3) is 0 Å². The maximum Gasteiger partial charge on any atom is 0.319 e. The molecule has 0 bridgehead atoms. The Bertz CT molecular complexity index is 767. The van der Waals surface area contributed by atoms with Crippen LogP contribution in [0.3, 0.4) is 0 Å². The van der Waals surface area contributed by atoms with Crippen LogP contribution < -0.4 is 10.6 Å². The summed E-state index contributed by atoms with van der Waals surface area (Å²) in [6, 6.07) is 9.16. The summed E-state index contributed by atoms with van der Waals surface area (Å²) in [6.45, 7) is 4.32. The fourth-order valence-electron chi connectivity index (χ4n) is 2.60. The van der Waals surface area contributed by atoms with E-state index in [9.17, 15) is 9.59 Å². The quantitative estimate of drug-likeness (QED) is 0.785. The molecule has 0 aliphatic carbocycles. The van der Waals surface area contributed by atoms with Crippen LogP contribution in [0.4, 0.5) is 10.5 Å². The molecule has 0 fully saturated rings. The first-order valence-corrected chi connectivity index (χ1v) is 8.98. The van der Waals surface area contributed by atoms with Crippen molar-refractivity contribution in [2.24, 2.45) is 0 Å². The van der Waals surface area contributed by atoms with E-state index in [1.165, 1.54) is 0 Å². The van der Waals surface area contributed by atoms with Crippen LogP contribution in [0.5, 0.6) is 0 Å². The van der Waals surface area contributed by atoms with Crippen molar-refractivity contribution in [3.8, 4) is 0 Å². The molecule has 2 N–H and O–H groups in total. The van der Waals surface area contributed by atoms with E-state index in [1.807, 2.05) is 44.2 Å². The van der Waals surface area contributed by atoms with Crippen molar-refractivity contribution in [3.63, 3.8) is 0 Å². The van der Waals surface area contributed by atoms with E-state index in [4.69, 9.17) is 0 Å². The van der Waals surface area contributed by atoms with Crippen LogP contribution in [-0.2, 0) is 17.6 Å². The second-order valence-corrected chi connectivity index (χ2v) is 6.68. The monoisotopic (exact) mass is 369 g/mol. The number of aryl methyl sites for hydroxylation is 3. The standard InChI is InChI=1S/C20H27N5O2/c1-14-13-15(2)23-18(22-14)11-12-21-20(27)24-17-8-5-16(6-9-17)7-10-19(26)25(3)4/h5-6,8-9,13H,7,10-12H2,1-4H3,(H2,21,24,27). The first-order chi connectivity index (χ1) is 12.8. The van der Waals surface area contributed by atoms with Gasteiger partial charge in [-0.1, -0.05) is 12.1 Å². The zero-order chi connectivity index (χ0) is 19.8. The topological polar surface area (TPSA) is 87.2 Å². The number of hydrogen-bond donors (Lipinski definition) is 2. The predicted molar refractivity (Wildman–Crippen MR) is 106 cm³/mol. The molecule has 1 aromatic carbocycles. The van der Waals surface area contributed by atoms with E-state index in [1.54, 1.807) is 19.0 Å². The molecule has 2 aromatic rings. The van der Waals surface area contributed by atoms with Crippen molar-refractivity contribution in [2.45, 2.75) is 33.1 Å². The molecule has 27 heavy (non-hydrogen) atoms. The number of anilines is 1. The summed E-state index contributed by atoms with van der Waals surface area (Å²) in [7, 11) is 3.50. The summed E-state index contributed by atoms with van der Waals surface area (Å²) in [6.07, 6.45) is 1.73. The van der Waals surface area contributed by atoms with E-state index in [-0.39, 0.29) is 11.9 Å². The summed E-state index contributed by atoms with van der Waals surface area (Å²) >= 11 is 0. The van der Waals surface area contributed by atoms with Gasteiger partial charge in [0.2, 0.25) is 5.91 Å². The second-order valence-electron chi connectivity index (χ2n) is 6.68. The number of rotatable bonds is 7. The van der Waals surface area contributed by atoms with E-state index in [0.717, 1.165) is 22.8 Å². The van der Waals surface area contributed by atoms with Gasteiger partial charge in [-0.05, 0) is 44.0 Å². The Labute approximate surface area is 160 Å². The van der Waals surface area contributed by atoms with Crippen molar-refractivity contribution in [1.82, 2.24) is 20.2 Å². The molecular weight excluding hydrogens is 342 g/mol. The number of nitrogens with zero attached hydrogens (tertiary/aromatic N) is 3. The fraction of sp³-hybridized carbons (Fsp3) is 0.400. The number of urea groups is 1. The number of carbonyl (C=O) groups excluding carboxylic acids is 2. The van der Waals surface area contributed by atoms with Gasteiger partial charge in [-0.3, -0.25) is 4.79 Å². The molecule has 0 aliphatic rings. The van der Waals surface area contributed by atoms with Crippen LogP contribution in [0.1, 0.15) is 29.2 Å². The number of aromatic nitrogens is 2. The number of carbonyl (C=O) groups is 2. The molecule has 0 saturated heterocycles. The van der Waals surface area contributed by atoms with Gasteiger partial charge in [-0.25, -0.2) is 14.8 Å². The van der Waals surface area contributed by atoms with Gasteiger partial charge < -0.3 is 15.5 Å². The van der Waals surface area contributed by atoms with Crippen LogP contribution >= 0.6 is 0 Å². The zero-order valence-corrected chi connectivity index (χ0v) is 16.4. The van der Waals surface area contributed by atoms with Gasteiger partial charge in [0, 0.05) is 50.6 Å². The lowest BCUT2D eigenvalue weighted by Crippen LogP contribution is -2.30. The highest BCUT2D eigenvalue weighted by atomic mass is 16.2. The Morgan fingerprint density at radius 2 is 1.63 bits per heavy atom. The van der Waals surface area contributed by atoms with Crippen LogP contribution in [0.15, 0.2) is 30.3 Å². The van der Waals surface area contributed by atoms with E-state index < -0.39 is 0 Å². The Hall–Kier alpha value is -2.96. The first kappa shape index (κ1) is 20.4. The highest BCUT2D eigenvalue weighted by molar-refractivity contribution is 5.89. The minimum absolute atomic E-state index is 0.101. The highest BCUT2D eigenvalue weighted by Gasteiger charge is 2.06. The Kier molecular flexibility index (Phi) is 7.28. The fourth-order valence-corrected chi connectivity index (χ4v) is 2.60. The van der Waals surface area contributed by atoms with Gasteiger partial charge in [-0.2, -0.15) is 0 Å². The average molecular weight is 369 g/mol. The van der Waals surface area contributed by atoms with Crippen molar-refractivity contribution in [3.05, 3.63) is 53.1 Å². The van der Waals surface area contributed by atoms with Gasteiger partial charge in [0.25, 0.3) is 0 Å². The molecule has 0 radical (unpaired) electrons. The van der Waals surface area contributed by atoms with E-state index >= 15 is 0 Å². The third kappa shape index (κ3) is 7.05. The molecule has 1 aromatic heterocycles. The van der Waals surface area contributed by atoms with Gasteiger partial charge >= 0.3 is 6.03 Å². The molecule has 0 saturated carbocycles. The van der Waals surface area contributed by atoms with Gasteiger partial charge in [0.15, 0.2) is 0 Å². The molecule has 7 heteroatoms. The minimum Gasteiger partial charge on any atom is -0.349 e. The summed E-state index contributed by atoms with van der Waals surface area (Å²) in [5.41, 5.74) is 3.62. The maximum absolute atomic E-state index is 12.0. The van der Waals surface area contributed by atoms with Crippen LogP contribution in [0, 0.1) is 13.8 Å². The Balaban J connectivity index is 1.76. The third-order valence-electron chi connectivity index (χ3n) is 4.00. The normalized spacial score (nSPS) is 10.4. The largest absolute Gasteiger partial charge is 0.349 e. The van der Waals surface area contributed by atoms with E-state index in [0.29, 0.717) is 31.5 Å². The third-order valence-corrected chi connectivity index (χ3v) is 4.00. The Morgan fingerprint density at radius 3 is 2.22 bits per heavy atom. The molecule has 7 nitrogen and oxygen atoms in total. The molecule has 0 unspecified atom stereocenters. The summed E-state index contributed by atoms with van der Waals surface area (Å²) < 4.78 is 0. The smallest absolute Gasteiger partial charge is 0.319 e. The SMILES string of the molecule is Cc1cc(C)nc(CCNC(=O)Nc2ccc(CCC(=O)N(C)C)cc2)n1. The predicted octanol–water partition coefficient (Wildman–Crippen LogP) is 2.48. The molecule has 0 aliphatic heterocycles. The molecule has 0 spiro atoms. The number of benzene rings is 1. The lowest BCUT2D eigenvalue weighted by atomic mass is 10.1. The molecule has 3 amide bonds. The van der Waals surface area contributed by atoms with Crippen molar-refractivity contribution < 1.29 is 9.59 Å². The lowest BCUT2D eigenvalue weighted by molar-refractivity contribution is -0.128. The van der Waals surface area contributed by atoms with Crippen molar-refractivity contribution >= 4 is 17.6 Å². The number of hydrogen-bond acceptors (Lipinski definition) is 4. The summed E-state index contributed by atoms with van der Waals surface area (Å²) in [4.78, 5) is 33.9. The molecular formula is C20H27N5O2. The summed E-state index contributed by atoms with van der Waals surface area (Å²) in [5.74, 6) is 0.828. The highest BCUT2D eigenvalue weighted by Crippen LogP contribution is 2.11. The second kappa shape index (κ2) is 9.66. The van der Waals surface area contributed by atoms with Gasteiger partial charge in [0.1, 0.15) is 5.82 Å². The molecule has 2 rings (SSSR count). The molecule has 1 heterocycles. The van der Waals surface area contributed by atoms with Crippen molar-refractivity contribution in [1.29, 1.82) is 0 Å². The number of nitrogens with one attached hydrogen (secondary N) is 2. The molecule has 0 atom stereocenters.